The van der Waals surface area contributed by atoms with Crippen LogP contribution in [0.5, 0.6) is 23.5 Å². The van der Waals surface area contributed by atoms with Crippen molar-refractivity contribution in [3.63, 3.8) is 0 Å². The van der Waals surface area contributed by atoms with Crippen LogP contribution in [0, 0.1) is 30.3 Å². The molecule has 0 saturated carbocycles. The van der Waals surface area contributed by atoms with Gasteiger partial charge in [0.2, 0.25) is 0 Å². The van der Waals surface area contributed by atoms with Crippen LogP contribution in [-0.2, 0) is 5.79 Å². The van der Waals surface area contributed by atoms with E-state index in [4.69, 9.17) is 32.7 Å². The van der Waals surface area contributed by atoms with Gasteiger partial charge in [-0.1, -0.05) is 47.5 Å². The van der Waals surface area contributed by atoms with Gasteiger partial charge in [-0.15, -0.1) is 4.98 Å². The molecule has 3 rings (SSSR count). The van der Waals surface area contributed by atoms with Gasteiger partial charge in [-0.05, 0) is 24.3 Å². The summed E-state index contributed by atoms with van der Waals surface area (Å²) >= 11 is 12.0. The Morgan fingerprint density at radius 2 is 1.06 bits per heavy atom. The average molecular weight is 483 g/mol. The lowest BCUT2D eigenvalue weighted by molar-refractivity contribution is -0.987. The van der Waals surface area contributed by atoms with E-state index in [9.17, 15) is 30.3 Å². The van der Waals surface area contributed by atoms with Crippen LogP contribution in [0.25, 0.3) is 0 Å². The Morgan fingerprint density at radius 1 is 0.688 bits per heavy atom. The number of para-hydroxylation sites is 2. The molecule has 0 aliphatic heterocycles. The summed E-state index contributed by atoms with van der Waals surface area (Å²) in [5.41, 5.74) is 0. The first kappa shape index (κ1) is 22.5. The molecule has 1 aromatic heterocycles. The van der Waals surface area contributed by atoms with Crippen LogP contribution in [0.4, 0.5) is 0 Å². The zero-order valence-corrected chi connectivity index (χ0v) is 16.8. The Morgan fingerprint density at radius 3 is 1.41 bits per heavy atom. The summed E-state index contributed by atoms with van der Waals surface area (Å²) in [5.74, 6) is -5.75. The van der Waals surface area contributed by atoms with E-state index in [1.165, 1.54) is 36.4 Å². The van der Waals surface area contributed by atoms with Crippen LogP contribution >= 0.6 is 23.2 Å². The second-order valence-electron chi connectivity index (χ2n) is 5.70. The van der Waals surface area contributed by atoms with Crippen molar-refractivity contribution in [2.45, 2.75) is 5.79 Å². The number of halogens is 2. The largest absolute Gasteiger partial charge is 0.763 e. The monoisotopic (exact) mass is 482 g/mol. The third kappa shape index (κ3) is 4.17. The fourth-order valence-electron chi connectivity index (χ4n) is 2.28. The fraction of sp³-hybridized carbons (Fsp3) is 0.0625. The standard InChI is InChI=1S/C16H8Cl2N6O8/c17-9-5-1-3-7-11(9)31-14-19-13(16(22(25)26,23(27)28)24(29)30)20-15(21-14)32-12-8-4-2-6-10(12)18/h1-8H. The minimum atomic E-state index is -4.17. The maximum atomic E-state index is 11.5. The summed E-state index contributed by atoms with van der Waals surface area (Å²) in [6.45, 7) is 0. The predicted octanol–water partition coefficient (Wildman–Crippen LogP) is 3.70. The van der Waals surface area contributed by atoms with E-state index >= 15 is 0 Å². The molecule has 0 atom stereocenters. The van der Waals surface area contributed by atoms with Crippen molar-refractivity contribution in [3.05, 3.63) is 94.7 Å². The highest BCUT2D eigenvalue weighted by atomic mass is 35.5. The second-order valence-corrected chi connectivity index (χ2v) is 6.51. The Kier molecular flexibility index (Phi) is 6.27. The molecule has 32 heavy (non-hydrogen) atoms. The quantitative estimate of drug-likeness (QED) is 0.258. The van der Waals surface area contributed by atoms with Crippen LogP contribution in [0.2, 0.25) is 10.0 Å². The molecule has 0 aliphatic carbocycles. The van der Waals surface area contributed by atoms with Gasteiger partial charge >= 0.3 is 23.6 Å². The summed E-state index contributed by atoms with van der Waals surface area (Å²) < 4.78 is 10.6. The summed E-state index contributed by atoms with van der Waals surface area (Å²) in [7, 11) is 0. The normalized spacial score (nSPS) is 10.9. The molecule has 0 bridgehead atoms. The SMILES string of the molecule is O=[N+]([O-])C(c1nc(Oc2ccccc2Cl)nc(Oc2ccccc2Cl)n1)([N+](=O)[O-])[N+](=O)[O-]. The number of benzene rings is 2. The third-order valence-electron chi connectivity index (χ3n) is 3.73. The minimum Gasteiger partial charge on any atom is -0.423 e. The van der Waals surface area contributed by atoms with Crippen LogP contribution in [-0.4, -0.2) is 29.7 Å². The lowest BCUT2D eigenvalue weighted by Gasteiger charge is -2.11. The lowest BCUT2D eigenvalue weighted by atomic mass is 10.3. The van der Waals surface area contributed by atoms with Gasteiger partial charge < -0.3 is 9.47 Å². The highest BCUT2D eigenvalue weighted by molar-refractivity contribution is 6.32. The van der Waals surface area contributed by atoms with Crippen molar-refractivity contribution >= 4 is 23.2 Å². The molecule has 0 saturated heterocycles. The van der Waals surface area contributed by atoms with Crippen molar-refractivity contribution in [2.24, 2.45) is 0 Å². The molecule has 3 aromatic rings. The first-order chi connectivity index (χ1) is 15.2. The van der Waals surface area contributed by atoms with Crippen LogP contribution in [0.1, 0.15) is 5.82 Å². The van der Waals surface area contributed by atoms with Crippen molar-refractivity contribution in [3.8, 4) is 23.5 Å². The lowest BCUT2D eigenvalue weighted by Crippen LogP contribution is -2.51. The van der Waals surface area contributed by atoms with Gasteiger partial charge in [0.1, 0.15) is 11.5 Å². The van der Waals surface area contributed by atoms with E-state index in [2.05, 4.69) is 15.0 Å². The molecular weight excluding hydrogens is 475 g/mol. The van der Waals surface area contributed by atoms with Gasteiger partial charge in [0, 0.05) is 0 Å². The molecule has 16 heteroatoms. The molecule has 0 spiro atoms. The highest BCUT2D eigenvalue weighted by Gasteiger charge is 2.76. The molecule has 1 heterocycles. The fourth-order valence-corrected chi connectivity index (χ4v) is 2.62. The van der Waals surface area contributed by atoms with Crippen molar-refractivity contribution in [1.29, 1.82) is 0 Å². The molecule has 14 nitrogen and oxygen atoms in total. The molecule has 0 fully saturated rings. The van der Waals surface area contributed by atoms with E-state index < -0.39 is 38.4 Å². The number of aromatic nitrogens is 3. The van der Waals surface area contributed by atoms with Gasteiger partial charge in [0.15, 0.2) is 14.8 Å². The van der Waals surface area contributed by atoms with E-state index in [0.717, 1.165) is 0 Å². The Bertz CT molecular complexity index is 1120. The topological polar surface area (TPSA) is 187 Å². The number of nitro groups is 3. The smallest absolute Gasteiger partial charge is 0.423 e. The highest BCUT2D eigenvalue weighted by Crippen LogP contribution is 2.33. The van der Waals surface area contributed by atoms with Crippen molar-refractivity contribution in [2.75, 3.05) is 0 Å². The van der Waals surface area contributed by atoms with Crippen molar-refractivity contribution in [1.82, 2.24) is 15.0 Å². The third-order valence-corrected chi connectivity index (χ3v) is 4.36. The van der Waals surface area contributed by atoms with E-state index in [-0.39, 0.29) is 21.5 Å². The zero-order valence-electron chi connectivity index (χ0n) is 15.3. The summed E-state index contributed by atoms with van der Waals surface area (Å²) in [5, 5.41) is 34.5. The maximum absolute atomic E-state index is 11.5. The first-order valence-electron chi connectivity index (χ1n) is 8.21. The number of hydrogen-bond donors (Lipinski definition) is 0. The number of hydrogen-bond acceptors (Lipinski definition) is 11. The molecule has 0 amide bonds. The summed E-state index contributed by atoms with van der Waals surface area (Å²) in [6.07, 6.45) is 0. The van der Waals surface area contributed by atoms with Crippen molar-refractivity contribution < 1.29 is 24.2 Å². The average Bonchev–Trinajstić information content (AvgIpc) is 2.71. The number of nitrogens with zero attached hydrogens (tertiary/aromatic N) is 6. The molecule has 0 aliphatic rings. The Hall–Kier alpha value is -4.17. The van der Waals surface area contributed by atoms with Crippen LogP contribution < -0.4 is 9.47 Å². The second kappa shape index (κ2) is 8.91. The van der Waals surface area contributed by atoms with Gasteiger partial charge in [-0.3, -0.25) is 30.3 Å². The molecule has 0 unspecified atom stereocenters. The van der Waals surface area contributed by atoms with Gasteiger partial charge in [-0.25, -0.2) is 0 Å². The molecule has 164 valence electrons. The Labute approximate surface area is 186 Å². The Balaban J connectivity index is 2.21. The van der Waals surface area contributed by atoms with E-state index in [1.807, 2.05) is 0 Å². The maximum Gasteiger partial charge on any atom is 0.763 e. The molecule has 0 N–H and O–H groups in total. The summed E-state index contributed by atoms with van der Waals surface area (Å²) in [4.78, 5) is 39.7. The molecule has 0 radical (unpaired) electrons. The van der Waals surface area contributed by atoms with Gasteiger partial charge in [-0.2, -0.15) is 9.97 Å². The van der Waals surface area contributed by atoms with Gasteiger partial charge in [0.05, 0.1) is 10.0 Å². The van der Waals surface area contributed by atoms with Gasteiger partial charge in [0.25, 0.3) is 0 Å². The zero-order chi connectivity index (χ0) is 23.5. The number of ether oxygens (including phenoxy) is 2. The van der Waals surface area contributed by atoms with Crippen LogP contribution in [0.15, 0.2) is 48.5 Å². The van der Waals surface area contributed by atoms with Crippen LogP contribution in [0.3, 0.4) is 0 Å². The van der Waals surface area contributed by atoms with E-state index in [0.29, 0.717) is 0 Å². The first-order valence-corrected chi connectivity index (χ1v) is 8.96. The summed E-state index contributed by atoms with van der Waals surface area (Å²) in [6, 6.07) is 10.2. The predicted molar refractivity (Wildman–Crippen MR) is 106 cm³/mol. The van der Waals surface area contributed by atoms with E-state index in [1.54, 1.807) is 12.1 Å². The number of rotatable bonds is 8. The molecular formula is C16H8Cl2N6O8. The minimum absolute atomic E-state index is 0.0519. The molecule has 2 aromatic carbocycles.